The predicted molar refractivity (Wildman–Crippen MR) is 67.1 cm³/mol. The van der Waals surface area contributed by atoms with Gasteiger partial charge in [-0.1, -0.05) is 25.1 Å². The first-order valence-corrected chi connectivity index (χ1v) is 5.62. The third-order valence-electron chi connectivity index (χ3n) is 2.21. The van der Waals surface area contributed by atoms with E-state index in [4.69, 9.17) is 0 Å². The molecule has 0 aromatic heterocycles. The van der Waals surface area contributed by atoms with E-state index in [9.17, 15) is 0 Å². The summed E-state index contributed by atoms with van der Waals surface area (Å²) in [4.78, 5) is 0. The minimum Gasteiger partial charge on any atom is -0.0911 e. The first-order chi connectivity index (χ1) is 6.15. The van der Waals surface area contributed by atoms with Crippen LogP contribution in [0.2, 0.25) is 0 Å². The maximum atomic E-state index is 2.36. The SMILES string of the molecule is C/C=C\C(C)c1cc(I)ccc1C. The molecule has 0 aliphatic rings. The van der Waals surface area contributed by atoms with Gasteiger partial charge in [0.2, 0.25) is 0 Å². The van der Waals surface area contributed by atoms with Gasteiger partial charge in [-0.3, -0.25) is 0 Å². The molecule has 0 saturated carbocycles. The van der Waals surface area contributed by atoms with Crippen molar-refractivity contribution in [2.75, 3.05) is 0 Å². The van der Waals surface area contributed by atoms with Crippen LogP contribution in [0.3, 0.4) is 0 Å². The highest BCUT2D eigenvalue weighted by Crippen LogP contribution is 2.22. The summed E-state index contributed by atoms with van der Waals surface area (Å²) in [5.74, 6) is 0.528. The van der Waals surface area contributed by atoms with Gasteiger partial charge in [-0.2, -0.15) is 0 Å². The molecular weight excluding hydrogens is 271 g/mol. The van der Waals surface area contributed by atoms with Crippen LogP contribution in [0.1, 0.15) is 30.9 Å². The molecule has 0 spiro atoms. The second-order valence-electron chi connectivity index (χ2n) is 3.32. The van der Waals surface area contributed by atoms with E-state index >= 15 is 0 Å². The molecule has 70 valence electrons. The molecule has 0 saturated heterocycles. The molecule has 1 rings (SSSR count). The summed E-state index contributed by atoms with van der Waals surface area (Å²) in [5, 5.41) is 0. The van der Waals surface area contributed by atoms with Gasteiger partial charge in [0.05, 0.1) is 0 Å². The second kappa shape index (κ2) is 4.80. The summed E-state index contributed by atoms with van der Waals surface area (Å²) in [6, 6.07) is 6.61. The first-order valence-electron chi connectivity index (χ1n) is 4.54. The van der Waals surface area contributed by atoms with Crippen LogP contribution in [-0.2, 0) is 0 Å². The van der Waals surface area contributed by atoms with Crippen molar-refractivity contribution >= 4 is 22.6 Å². The van der Waals surface area contributed by atoms with Crippen molar-refractivity contribution in [3.8, 4) is 0 Å². The van der Waals surface area contributed by atoms with Crippen LogP contribution in [0.4, 0.5) is 0 Å². The fraction of sp³-hybridized carbons (Fsp3) is 0.333. The summed E-state index contributed by atoms with van der Waals surface area (Å²) in [6.07, 6.45) is 4.35. The van der Waals surface area contributed by atoms with Crippen molar-refractivity contribution in [3.05, 3.63) is 45.0 Å². The van der Waals surface area contributed by atoms with E-state index in [1.807, 2.05) is 0 Å². The Balaban J connectivity index is 3.05. The van der Waals surface area contributed by atoms with Crippen molar-refractivity contribution in [1.29, 1.82) is 0 Å². The zero-order valence-corrected chi connectivity index (χ0v) is 10.5. The second-order valence-corrected chi connectivity index (χ2v) is 4.56. The van der Waals surface area contributed by atoms with E-state index < -0.39 is 0 Å². The Kier molecular flexibility index (Phi) is 3.97. The Bertz CT molecular complexity index is 313. The summed E-state index contributed by atoms with van der Waals surface area (Å²) in [5.41, 5.74) is 2.82. The predicted octanol–water partition coefficient (Wildman–Crippen LogP) is 4.28. The lowest BCUT2D eigenvalue weighted by atomic mass is 9.96. The highest BCUT2D eigenvalue weighted by Gasteiger charge is 2.04. The molecule has 0 radical (unpaired) electrons. The highest BCUT2D eigenvalue weighted by molar-refractivity contribution is 14.1. The Morgan fingerprint density at radius 1 is 1.38 bits per heavy atom. The normalized spacial score (nSPS) is 13.5. The molecule has 0 fully saturated rings. The molecular formula is C12H15I. The maximum Gasteiger partial charge on any atom is 0.0133 e. The highest BCUT2D eigenvalue weighted by atomic mass is 127. The summed E-state index contributed by atoms with van der Waals surface area (Å²) < 4.78 is 1.31. The minimum absolute atomic E-state index is 0.528. The largest absolute Gasteiger partial charge is 0.0911 e. The molecule has 1 atom stereocenters. The third-order valence-corrected chi connectivity index (χ3v) is 2.88. The number of aryl methyl sites for hydroxylation is 1. The van der Waals surface area contributed by atoms with Gasteiger partial charge in [0.15, 0.2) is 0 Å². The van der Waals surface area contributed by atoms with Crippen LogP contribution < -0.4 is 0 Å². The smallest absolute Gasteiger partial charge is 0.0133 e. The first kappa shape index (κ1) is 10.8. The van der Waals surface area contributed by atoms with Crippen molar-refractivity contribution in [1.82, 2.24) is 0 Å². The molecule has 1 aromatic carbocycles. The van der Waals surface area contributed by atoms with Gasteiger partial charge in [-0.25, -0.2) is 0 Å². The molecule has 1 aromatic rings. The van der Waals surface area contributed by atoms with Crippen molar-refractivity contribution in [2.45, 2.75) is 26.7 Å². The van der Waals surface area contributed by atoms with E-state index in [0.29, 0.717) is 5.92 Å². The molecule has 0 amide bonds. The van der Waals surface area contributed by atoms with Crippen molar-refractivity contribution in [3.63, 3.8) is 0 Å². The monoisotopic (exact) mass is 286 g/mol. The van der Waals surface area contributed by atoms with Crippen LogP contribution in [0.5, 0.6) is 0 Å². The Hall–Kier alpha value is -0.310. The fourth-order valence-electron chi connectivity index (χ4n) is 1.49. The van der Waals surface area contributed by atoms with Crippen LogP contribution >= 0.6 is 22.6 Å². The van der Waals surface area contributed by atoms with E-state index in [2.05, 4.69) is 73.7 Å². The van der Waals surface area contributed by atoms with Crippen LogP contribution in [-0.4, -0.2) is 0 Å². The van der Waals surface area contributed by atoms with Gasteiger partial charge in [0, 0.05) is 3.57 Å². The van der Waals surface area contributed by atoms with Gasteiger partial charge >= 0.3 is 0 Å². The molecule has 0 aliphatic carbocycles. The van der Waals surface area contributed by atoms with Crippen molar-refractivity contribution < 1.29 is 0 Å². The summed E-state index contributed by atoms with van der Waals surface area (Å²) in [6.45, 7) is 6.48. The topological polar surface area (TPSA) is 0 Å². The minimum atomic E-state index is 0.528. The molecule has 0 nitrogen and oxygen atoms in total. The van der Waals surface area contributed by atoms with Crippen LogP contribution in [0.25, 0.3) is 0 Å². The number of halogens is 1. The molecule has 13 heavy (non-hydrogen) atoms. The zero-order valence-electron chi connectivity index (χ0n) is 8.34. The standard InChI is InChI=1S/C12H15I/c1-4-5-9(2)12-8-11(13)7-6-10(12)3/h4-9H,1-3H3/b5-4-. The van der Waals surface area contributed by atoms with E-state index in [1.54, 1.807) is 0 Å². The van der Waals surface area contributed by atoms with E-state index in [-0.39, 0.29) is 0 Å². The average molecular weight is 286 g/mol. The number of hydrogen-bond acceptors (Lipinski definition) is 0. The third kappa shape index (κ3) is 2.83. The molecule has 0 bridgehead atoms. The summed E-state index contributed by atoms with van der Waals surface area (Å²) in [7, 11) is 0. The molecule has 0 heterocycles. The lowest BCUT2D eigenvalue weighted by Gasteiger charge is -2.10. The fourth-order valence-corrected chi connectivity index (χ4v) is 2.01. The summed E-state index contributed by atoms with van der Waals surface area (Å²) >= 11 is 2.36. The zero-order chi connectivity index (χ0) is 9.84. The maximum absolute atomic E-state index is 2.36. The molecule has 1 heteroatoms. The number of rotatable bonds is 2. The molecule has 1 unspecified atom stereocenters. The number of hydrogen-bond donors (Lipinski definition) is 0. The Labute approximate surface area is 94.2 Å². The lowest BCUT2D eigenvalue weighted by molar-refractivity contribution is 0.948. The Morgan fingerprint density at radius 2 is 2.08 bits per heavy atom. The van der Waals surface area contributed by atoms with Crippen molar-refractivity contribution in [2.24, 2.45) is 0 Å². The average Bonchev–Trinajstić information content (AvgIpc) is 2.09. The number of benzene rings is 1. The van der Waals surface area contributed by atoms with Gasteiger partial charge in [-0.15, -0.1) is 0 Å². The van der Waals surface area contributed by atoms with Crippen LogP contribution in [0, 0.1) is 10.5 Å². The Morgan fingerprint density at radius 3 is 2.69 bits per heavy atom. The van der Waals surface area contributed by atoms with Crippen LogP contribution in [0.15, 0.2) is 30.4 Å². The van der Waals surface area contributed by atoms with Gasteiger partial charge in [0.25, 0.3) is 0 Å². The van der Waals surface area contributed by atoms with Gasteiger partial charge in [0.1, 0.15) is 0 Å². The number of allylic oxidation sites excluding steroid dienone is 2. The quantitative estimate of drug-likeness (QED) is 0.562. The van der Waals surface area contributed by atoms with E-state index in [0.717, 1.165) is 0 Å². The molecule has 0 aliphatic heterocycles. The van der Waals surface area contributed by atoms with Gasteiger partial charge < -0.3 is 0 Å². The van der Waals surface area contributed by atoms with Gasteiger partial charge in [-0.05, 0) is 65.6 Å². The lowest BCUT2D eigenvalue weighted by Crippen LogP contribution is -1.93. The van der Waals surface area contributed by atoms with E-state index in [1.165, 1.54) is 14.7 Å². The molecule has 0 N–H and O–H groups in total.